The molecule has 0 saturated carbocycles. The number of hydrogen-bond acceptors (Lipinski definition) is 3. The number of hydrogen-bond donors (Lipinski definition) is 1. The van der Waals surface area contributed by atoms with Crippen LogP contribution in [0.4, 0.5) is 5.69 Å². The lowest BCUT2D eigenvalue weighted by atomic mass is 10.1. The second-order valence-electron chi connectivity index (χ2n) is 6.28. The molecule has 0 unspecified atom stereocenters. The Bertz CT molecular complexity index is 828. The van der Waals surface area contributed by atoms with E-state index in [0.717, 1.165) is 17.7 Å². The van der Waals surface area contributed by atoms with E-state index in [1.165, 1.54) is 24.8 Å². The lowest BCUT2D eigenvalue weighted by Crippen LogP contribution is -2.11. The molecule has 2 aromatic heterocycles. The normalized spacial score (nSPS) is 10.5. The minimum atomic E-state index is -0.149. The molecule has 3 aromatic rings. The zero-order valence-corrected chi connectivity index (χ0v) is 15.0. The summed E-state index contributed by atoms with van der Waals surface area (Å²) >= 11 is 0. The Kier molecular flexibility index (Phi) is 6.09. The average molecular weight is 345 g/mol. The number of carbonyl (C=O) groups excluding carboxylic acids is 1. The molecule has 1 amide bonds. The van der Waals surface area contributed by atoms with Gasteiger partial charge in [0.15, 0.2) is 0 Å². The van der Waals surface area contributed by atoms with Gasteiger partial charge in [-0.25, -0.2) is 0 Å². The van der Waals surface area contributed by atoms with E-state index in [9.17, 15) is 4.79 Å². The van der Waals surface area contributed by atoms with Crippen LogP contribution in [0.25, 0.3) is 11.3 Å². The van der Waals surface area contributed by atoms with Crippen LogP contribution in [0.3, 0.4) is 0 Å². The number of aryl methyl sites for hydroxylation is 1. The summed E-state index contributed by atoms with van der Waals surface area (Å²) in [4.78, 5) is 20.8. The molecular formula is C22H23N3O. The number of pyridine rings is 2. The molecule has 0 aliphatic rings. The number of nitrogens with one attached hydrogen (secondary N) is 1. The van der Waals surface area contributed by atoms with Crippen molar-refractivity contribution in [1.82, 2.24) is 9.97 Å². The fourth-order valence-electron chi connectivity index (χ4n) is 2.75. The molecule has 4 nitrogen and oxygen atoms in total. The zero-order chi connectivity index (χ0) is 18.2. The summed E-state index contributed by atoms with van der Waals surface area (Å²) < 4.78 is 0. The van der Waals surface area contributed by atoms with Gasteiger partial charge in [0.25, 0.3) is 5.91 Å². The Hall–Kier alpha value is -3.01. The van der Waals surface area contributed by atoms with Crippen molar-refractivity contribution in [2.24, 2.45) is 0 Å². The number of benzene rings is 1. The second-order valence-corrected chi connectivity index (χ2v) is 6.28. The summed E-state index contributed by atoms with van der Waals surface area (Å²) in [5.41, 5.74) is 4.48. The fraction of sp³-hybridized carbons (Fsp3) is 0.227. The highest BCUT2D eigenvalue weighted by atomic mass is 16.1. The van der Waals surface area contributed by atoms with Gasteiger partial charge in [-0.1, -0.05) is 38.0 Å². The molecule has 26 heavy (non-hydrogen) atoms. The molecule has 0 aliphatic heterocycles. The molecular weight excluding hydrogens is 322 g/mol. The zero-order valence-electron chi connectivity index (χ0n) is 15.0. The van der Waals surface area contributed by atoms with Crippen LogP contribution in [0.15, 0.2) is 67.1 Å². The Morgan fingerprint density at radius 3 is 2.50 bits per heavy atom. The lowest BCUT2D eigenvalue weighted by Gasteiger charge is -2.07. The predicted octanol–water partition coefficient (Wildman–Crippen LogP) is 5.13. The Morgan fingerprint density at radius 2 is 1.85 bits per heavy atom. The van der Waals surface area contributed by atoms with Gasteiger partial charge >= 0.3 is 0 Å². The molecule has 0 saturated heterocycles. The quantitative estimate of drug-likeness (QED) is 0.604. The van der Waals surface area contributed by atoms with Gasteiger partial charge in [0.2, 0.25) is 0 Å². The molecule has 2 heterocycles. The van der Waals surface area contributed by atoms with Gasteiger partial charge in [-0.05, 0) is 48.7 Å². The lowest BCUT2D eigenvalue weighted by molar-refractivity contribution is 0.102. The van der Waals surface area contributed by atoms with Crippen LogP contribution in [0.1, 0.15) is 42.1 Å². The number of aromatic nitrogens is 2. The number of unbranched alkanes of at least 4 members (excludes halogenated alkanes) is 2. The van der Waals surface area contributed by atoms with E-state index in [1.54, 1.807) is 18.5 Å². The van der Waals surface area contributed by atoms with Gasteiger partial charge in [0.1, 0.15) is 0 Å². The third-order valence-corrected chi connectivity index (χ3v) is 4.26. The number of anilines is 1. The van der Waals surface area contributed by atoms with Crippen LogP contribution < -0.4 is 5.32 Å². The molecule has 0 fully saturated rings. The monoisotopic (exact) mass is 345 g/mol. The molecule has 1 aromatic carbocycles. The molecule has 3 rings (SSSR count). The van der Waals surface area contributed by atoms with E-state index in [4.69, 9.17) is 0 Å². The summed E-state index contributed by atoms with van der Waals surface area (Å²) in [6.07, 6.45) is 10.0. The van der Waals surface area contributed by atoms with Gasteiger partial charge in [0, 0.05) is 23.5 Å². The fourth-order valence-corrected chi connectivity index (χ4v) is 2.75. The van der Waals surface area contributed by atoms with E-state index >= 15 is 0 Å². The highest BCUT2D eigenvalue weighted by Gasteiger charge is 2.07. The molecule has 0 spiro atoms. The Morgan fingerprint density at radius 1 is 1.00 bits per heavy atom. The van der Waals surface area contributed by atoms with Gasteiger partial charge in [-0.3, -0.25) is 14.8 Å². The Balaban J connectivity index is 1.64. The van der Waals surface area contributed by atoms with Crippen molar-refractivity contribution in [3.63, 3.8) is 0 Å². The summed E-state index contributed by atoms with van der Waals surface area (Å²) in [5, 5.41) is 2.83. The summed E-state index contributed by atoms with van der Waals surface area (Å²) in [7, 11) is 0. The number of amides is 1. The van der Waals surface area contributed by atoms with Gasteiger partial charge in [0.05, 0.1) is 17.6 Å². The van der Waals surface area contributed by atoms with Crippen molar-refractivity contribution in [2.75, 3.05) is 5.32 Å². The van der Waals surface area contributed by atoms with Crippen molar-refractivity contribution in [3.8, 4) is 11.3 Å². The smallest absolute Gasteiger partial charge is 0.255 e. The summed E-state index contributed by atoms with van der Waals surface area (Å²) in [6.45, 7) is 2.21. The first kappa shape index (κ1) is 17.8. The van der Waals surface area contributed by atoms with Crippen LogP contribution in [-0.4, -0.2) is 15.9 Å². The van der Waals surface area contributed by atoms with Crippen LogP contribution in [0.5, 0.6) is 0 Å². The molecule has 0 atom stereocenters. The summed E-state index contributed by atoms with van der Waals surface area (Å²) in [5.74, 6) is -0.149. The third kappa shape index (κ3) is 4.76. The second kappa shape index (κ2) is 8.90. The first-order valence-corrected chi connectivity index (χ1v) is 9.03. The van der Waals surface area contributed by atoms with Gasteiger partial charge < -0.3 is 5.32 Å². The Labute approximate surface area is 154 Å². The van der Waals surface area contributed by atoms with E-state index in [0.29, 0.717) is 11.3 Å². The van der Waals surface area contributed by atoms with Crippen molar-refractivity contribution in [1.29, 1.82) is 0 Å². The minimum Gasteiger partial charge on any atom is -0.321 e. The highest BCUT2D eigenvalue weighted by Crippen LogP contribution is 2.19. The van der Waals surface area contributed by atoms with Crippen LogP contribution >= 0.6 is 0 Å². The molecule has 0 radical (unpaired) electrons. The molecule has 0 bridgehead atoms. The van der Waals surface area contributed by atoms with Crippen molar-refractivity contribution in [3.05, 3.63) is 78.2 Å². The van der Waals surface area contributed by atoms with Crippen molar-refractivity contribution >= 4 is 11.6 Å². The predicted molar refractivity (Wildman–Crippen MR) is 105 cm³/mol. The van der Waals surface area contributed by atoms with Crippen molar-refractivity contribution in [2.45, 2.75) is 32.6 Å². The first-order chi connectivity index (χ1) is 12.8. The molecule has 1 N–H and O–H groups in total. The van der Waals surface area contributed by atoms with Gasteiger partial charge in [-0.2, -0.15) is 0 Å². The van der Waals surface area contributed by atoms with E-state index < -0.39 is 0 Å². The topological polar surface area (TPSA) is 54.9 Å². The number of rotatable bonds is 7. The molecule has 0 aliphatic carbocycles. The third-order valence-electron chi connectivity index (χ3n) is 4.26. The highest BCUT2D eigenvalue weighted by molar-refractivity contribution is 6.04. The van der Waals surface area contributed by atoms with E-state index in [2.05, 4.69) is 28.3 Å². The number of nitrogens with zero attached hydrogens (tertiary/aromatic N) is 2. The van der Waals surface area contributed by atoms with Crippen LogP contribution in [-0.2, 0) is 6.42 Å². The van der Waals surface area contributed by atoms with Gasteiger partial charge in [-0.15, -0.1) is 0 Å². The molecule has 132 valence electrons. The van der Waals surface area contributed by atoms with E-state index in [-0.39, 0.29) is 5.91 Å². The largest absolute Gasteiger partial charge is 0.321 e. The maximum Gasteiger partial charge on any atom is 0.255 e. The summed E-state index contributed by atoms with van der Waals surface area (Å²) in [6, 6.07) is 15.3. The SMILES string of the molecule is CCCCCc1ccc(-c2ccc(C(=O)Nc3cccnc3)cc2)nc1. The average Bonchev–Trinajstić information content (AvgIpc) is 2.70. The minimum absolute atomic E-state index is 0.149. The van der Waals surface area contributed by atoms with Crippen LogP contribution in [0.2, 0.25) is 0 Å². The standard InChI is InChI=1S/C22H23N3O/c1-2-3-4-6-17-8-13-21(24-15-17)18-9-11-19(12-10-18)22(26)25-20-7-5-14-23-16-20/h5,7-16H,2-4,6H2,1H3,(H,25,26). The first-order valence-electron chi connectivity index (χ1n) is 9.03. The number of carbonyl (C=O) groups is 1. The van der Waals surface area contributed by atoms with Crippen LogP contribution in [0, 0.1) is 0 Å². The maximum absolute atomic E-state index is 12.3. The van der Waals surface area contributed by atoms with E-state index in [1.807, 2.05) is 42.6 Å². The maximum atomic E-state index is 12.3. The van der Waals surface area contributed by atoms with Crippen molar-refractivity contribution < 1.29 is 4.79 Å². The molecule has 4 heteroatoms.